The number of hydrogen-bond donors (Lipinski definition) is 2. The molecule has 3 rings (SSSR count). The number of likely N-dealkylation sites (tertiary alicyclic amines) is 1. The van der Waals surface area contributed by atoms with Crippen molar-refractivity contribution in [2.45, 2.75) is 37.8 Å². The Bertz CT molecular complexity index is 524. The summed E-state index contributed by atoms with van der Waals surface area (Å²) in [5, 5.41) is 7.17. The zero-order chi connectivity index (χ0) is 16.8. The second-order valence-electron chi connectivity index (χ2n) is 6.58. The van der Waals surface area contributed by atoms with Crippen LogP contribution in [0.15, 0.2) is 24.3 Å². The average Bonchev–Trinajstić information content (AvgIpc) is 3.13. The summed E-state index contributed by atoms with van der Waals surface area (Å²) >= 11 is 5.86. The molecule has 24 heavy (non-hydrogen) atoms. The lowest BCUT2D eigenvalue weighted by molar-refractivity contribution is -0.123. The molecule has 2 N–H and O–H groups in total. The zero-order valence-electron chi connectivity index (χ0n) is 14.0. The Morgan fingerprint density at radius 1 is 1.25 bits per heavy atom. The number of nitrogens with one attached hydrogen (secondary N) is 2. The van der Waals surface area contributed by atoms with Crippen molar-refractivity contribution in [2.24, 2.45) is 0 Å². The van der Waals surface area contributed by atoms with E-state index in [-0.39, 0.29) is 11.9 Å². The van der Waals surface area contributed by atoms with Gasteiger partial charge >= 0.3 is 0 Å². The van der Waals surface area contributed by atoms with E-state index in [4.69, 9.17) is 16.3 Å². The van der Waals surface area contributed by atoms with Gasteiger partial charge in [0.25, 0.3) is 0 Å². The number of amides is 1. The normalized spacial score (nSPS) is 22.5. The third-order valence-electron chi connectivity index (χ3n) is 4.80. The highest BCUT2D eigenvalue weighted by molar-refractivity contribution is 6.30. The van der Waals surface area contributed by atoms with Gasteiger partial charge in [0, 0.05) is 30.7 Å². The summed E-state index contributed by atoms with van der Waals surface area (Å²) in [5.41, 5.74) is 0. The largest absolute Gasteiger partial charge is 0.492 e. The minimum Gasteiger partial charge on any atom is -0.492 e. The molecule has 132 valence electrons. The third-order valence-corrected chi connectivity index (χ3v) is 5.05. The van der Waals surface area contributed by atoms with Gasteiger partial charge in [0.2, 0.25) is 5.91 Å². The molecule has 1 atom stereocenters. The van der Waals surface area contributed by atoms with Gasteiger partial charge in [-0.3, -0.25) is 9.69 Å². The Kier molecular flexibility index (Phi) is 6.35. The Balaban J connectivity index is 1.31. The van der Waals surface area contributed by atoms with Crippen LogP contribution >= 0.6 is 11.6 Å². The summed E-state index contributed by atoms with van der Waals surface area (Å²) in [6.07, 6.45) is 4.09. The molecule has 1 aromatic carbocycles. The van der Waals surface area contributed by atoms with Gasteiger partial charge in [-0.25, -0.2) is 0 Å². The van der Waals surface area contributed by atoms with Gasteiger partial charge in [-0.05, 0) is 56.5 Å². The smallest absolute Gasteiger partial charge is 0.237 e. The van der Waals surface area contributed by atoms with Crippen LogP contribution in [-0.4, -0.2) is 55.7 Å². The van der Waals surface area contributed by atoms with Gasteiger partial charge in [0.15, 0.2) is 0 Å². The molecular weight excluding hydrogens is 326 g/mol. The van der Waals surface area contributed by atoms with E-state index in [1.165, 1.54) is 0 Å². The summed E-state index contributed by atoms with van der Waals surface area (Å²) in [6, 6.07) is 7.79. The molecule has 0 spiro atoms. The highest BCUT2D eigenvalue weighted by atomic mass is 35.5. The van der Waals surface area contributed by atoms with Crippen molar-refractivity contribution in [2.75, 3.05) is 32.8 Å². The van der Waals surface area contributed by atoms with E-state index in [2.05, 4.69) is 15.5 Å². The maximum absolute atomic E-state index is 12.1. The number of carbonyl (C=O) groups is 1. The number of rotatable bonds is 6. The zero-order valence-corrected chi connectivity index (χ0v) is 14.7. The molecule has 2 saturated heterocycles. The molecule has 2 aliphatic rings. The minimum atomic E-state index is 0.0239. The van der Waals surface area contributed by atoms with Crippen molar-refractivity contribution in [1.29, 1.82) is 0 Å². The van der Waals surface area contributed by atoms with Crippen LogP contribution in [0.1, 0.15) is 25.7 Å². The first kappa shape index (κ1) is 17.5. The fourth-order valence-electron chi connectivity index (χ4n) is 3.33. The van der Waals surface area contributed by atoms with Crippen LogP contribution in [0.25, 0.3) is 0 Å². The van der Waals surface area contributed by atoms with Crippen molar-refractivity contribution >= 4 is 17.5 Å². The first-order valence-electron chi connectivity index (χ1n) is 8.85. The van der Waals surface area contributed by atoms with E-state index in [9.17, 15) is 4.79 Å². The van der Waals surface area contributed by atoms with Gasteiger partial charge in [0.1, 0.15) is 12.4 Å². The quantitative estimate of drug-likeness (QED) is 0.823. The van der Waals surface area contributed by atoms with Crippen LogP contribution in [0.4, 0.5) is 0 Å². The summed E-state index contributed by atoms with van der Waals surface area (Å²) in [6.45, 7) is 4.56. The maximum Gasteiger partial charge on any atom is 0.237 e. The first-order valence-corrected chi connectivity index (χ1v) is 9.23. The van der Waals surface area contributed by atoms with Gasteiger partial charge in [-0.1, -0.05) is 11.6 Å². The van der Waals surface area contributed by atoms with Crippen molar-refractivity contribution in [1.82, 2.24) is 15.5 Å². The third kappa shape index (κ3) is 5.10. The number of hydrogen-bond acceptors (Lipinski definition) is 4. The lowest BCUT2D eigenvalue weighted by Crippen LogP contribution is -2.49. The van der Waals surface area contributed by atoms with Crippen LogP contribution in [0.5, 0.6) is 5.75 Å². The predicted molar refractivity (Wildman–Crippen MR) is 95.6 cm³/mol. The van der Waals surface area contributed by atoms with E-state index in [1.807, 2.05) is 24.3 Å². The van der Waals surface area contributed by atoms with Gasteiger partial charge in [-0.2, -0.15) is 0 Å². The van der Waals surface area contributed by atoms with Crippen LogP contribution in [0, 0.1) is 0 Å². The Morgan fingerprint density at radius 3 is 2.67 bits per heavy atom. The number of nitrogens with zero attached hydrogens (tertiary/aromatic N) is 1. The van der Waals surface area contributed by atoms with E-state index in [0.29, 0.717) is 12.6 Å². The molecule has 0 aromatic heterocycles. The fourth-order valence-corrected chi connectivity index (χ4v) is 3.46. The van der Waals surface area contributed by atoms with Gasteiger partial charge in [0.05, 0.1) is 6.04 Å². The summed E-state index contributed by atoms with van der Waals surface area (Å²) in [5.74, 6) is 1.03. The van der Waals surface area contributed by atoms with Crippen molar-refractivity contribution in [3.05, 3.63) is 29.3 Å². The van der Waals surface area contributed by atoms with Crippen LogP contribution in [0.3, 0.4) is 0 Å². The second-order valence-corrected chi connectivity index (χ2v) is 7.01. The number of carbonyl (C=O) groups excluding carboxylic acids is 1. The maximum atomic E-state index is 12.1. The molecule has 0 bridgehead atoms. The number of halogens is 1. The molecule has 0 saturated carbocycles. The van der Waals surface area contributed by atoms with Crippen molar-refractivity contribution < 1.29 is 9.53 Å². The number of ether oxygens (including phenoxy) is 1. The highest BCUT2D eigenvalue weighted by Crippen LogP contribution is 2.16. The standard InChI is InChI=1S/C18H26ClN3O2/c19-14-3-5-16(6-4-14)24-13-12-22-10-7-15(8-11-22)21-18(23)17-2-1-9-20-17/h3-6,15,17,20H,1-2,7-13H2,(H,21,23). The Morgan fingerprint density at radius 2 is 2.00 bits per heavy atom. The molecule has 6 heteroatoms. The summed E-state index contributed by atoms with van der Waals surface area (Å²) in [4.78, 5) is 14.5. The minimum absolute atomic E-state index is 0.0239. The topological polar surface area (TPSA) is 53.6 Å². The Labute approximate surface area is 148 Å². The summed E-state index contributed by atoms with van der Waals surface area (Å²) < 4.78 is 5.74. The lowest BCUT2D eigenvalue weighted by atomic mass is 10.0. The monoisotopic (exact) mass is 351 g/mol. The van der Waals surface area contributed by atoms with Crippen LogP contribution < -0.4 is 15.4 Å². The van der Waals surface area contributed by atoms with Crippen LogP contribution in [0.2, 0.25) is 5.02 Å². The van der Waals surface area contributed by atoms with E-state index in [1.54, 1.807) is 0 Å². The average molecular weight is 352 g/mol. The number of piperidine rings is 1. The van der Waals surface area contributed by atoms with E-state index >= 15 is 0 Å². The summed E-state index contributed by atoms with van der Waals surface area (Å²) in [7, 11) is 0. The molecule has 1 amide bonds. The first-order chi connectivity index (χ1) is 11.7. The van der Waals surface area contributed by atoms with E-state index in [0.717, 1.165) is 62.6 Å². The molecule has 2 aliphatic heterocycles. The number of benzene rings is 1. The van der Waals surface area contributed by atoms with Gasteiger partial charge in [-0.15, -0.1) is 0 Å². The molecule has 1 unspecified atom stereocenters. The van der Waals surface area contributed by atoms with Crippen LogP contribution in [-0.2, 0) is 4.79 Å². The second kappa shape index (κ2) is 8.70. The molecule has 1 aromatic rings. The van der Waals surface area contributed by atoms with Crippen molar-refractivity contribution in [3.8, 4) is 5.75 Å². The molecular formula is C18H26ClN3O2. The lowest BCUT2D eigenvalue weighted by Gasteiger charge is -2.32. The van der Waals surface area contributed by atoms with E-state index < -0.39 is 0 Å². The molecule has 2 heterocycles. The molecule has 0 aliphatic carbocycles. The predicted octanol–water partition coefficient (Wildman–Crippen LogP) is 2.05. The van der Waals surface area contributed by atoms with Crippen molar-refractivity contribution in [3.63, 3.8) is 0 Å². The molecule has 0 radical (unpaired) electrons. The molecule has 5 nitrogen and oxygen atoms in total. The SMILES string of the molecule is O=C(NC1CCN(CCOc2ccc(Cl)cc2)CC1)C1CCCN1. The highest BCUT2D eigenvalue weighted by Gasteiger charge is 2.26. The molecule has 2 fully saturated rings. The van der Waals surface area contributed by atoms with Gasteiger partial charge < -0.3 is 15.4 Å². The fraction of sp³-hybridized carbons (Fsp3) is 0.611. The Hall–Kier alpha value is -1.30.